The zero-order valence-corrected chi connectivity index (χ0v) is 15.4. The minimum Gasteiger partial charge on any atom is -0.393 e. The van der Waals surface area contributed by atoms with Gasteiger partial charge in [0.25, 0.3) is 0 Å². The topological polar surface area (TPSA) is 80.9 Å². The van der Waals surface area contributed by atoms with Gasteiger partial charge in [-0.05, 0) is 63.4 Å². The van der Waals surface area contributed by atoms with Crippen LogP contribution in [0.15, 0.2) is 35.5 Å². The van der Waals surface area contributed by atoms with Gasteiger partial charge in [-0.3, -0.25) is 0 Å². The van der Waals surface area contributed by atoms with Gasteiger partial charge in [-0.2, -0.15) is 0 Å². The molecule has 0 aromatic carbocycles. The van der Waals surface area contributed by atoms with Crippen LogP contribution in [0.2, 0.25) is 0 Å². The van der Waals surface area contributed by atoms with Gasteiger partial charge < -0.3 is 20.4 Å². The van der Waals surface area contributed by atoms with E-state index >= 15 is 0 Å². The standard InChI is InChI=1S/C21H32O4/c1-13-4-7-17(23)10-15(13)5-6-16-11-18(24)12-20(3)19(16)8-9-21(20,25)14(2)22/h5-6,14,17-19,22-25H,1,4,7-12H2,2-3H3/b15-5-,16-6+/t14-,17+,18-,19+,20+,21+/m1/s1. The van der Waals surface area contributed by atoms with Crippen LogP contribution in [0.25, 0.3) is 0 Å². The van der Waals surface area contributed by atoms with Crippen molar-refractivity contribution < 1.29 is 20.4 Å². The maximum Gasteiger partial charge on any atom is 0.0962 e. The maximum atomic E-state index is 11.1. The fourth-order valence-electron chi connectivity index (χ4n) is 5.43. The summed E-state index contributed by atoms with van der Waals surface area (Å²) in [7, 11) is 0. The highest BCUT2D eigenvalue weighted by Crippen LogP contribution is 2.60. The monoisotopic (exact) mass is 348 g/mol. The Morgan fingerprint density at radius 1 is 1.16 bits per heavy atom. The van der Waals surface area contributed by atoms with Crippen LogP contribution in [0.3, 0.4) is 0 Å². The number of hydrogen-bond donors (Lipinski definition) is 4. The minimum atomic E-state index is -1.16. The Kier molecular flexibility index (Phi) is 5.02. The molecule has 0 amide bonds. The number of aliphatic hydroxyl groups excluding tert-OH is 3. The van der Waals surface area contributed by atoms with Crippen molar-refractivity contribution in [3.05, 3.63) is 35.5 Å². The molecule has 4 nitrogen and oxygen atoms in total. The summed E-state index contributed by atoms with van der Waals surface area (Å²) in [5.74, 6) is 0.161. The Bertz CT molecular complexity index is 605. The average molecular weight is 348 g/mol. The third kappa shape index (κ3) is 3.14. The molecule has 3 aliphatic carbocycles. The van der Waals surface area contributed by atoms with Gasteiger partial charge in [-0.1, -0.05) is 36.8 Å². The number of allylic oxidation sites excluding steroid dienone is 3. The first-order valence-electron chi connectivity index (χ1n) is 9.51. The van der Waals surface area contributed by atoms with Crippen molar-refractivity contribution in [3.63, 3.8) is 0 Å². The molecule has 0 aliphatic heterocycles. The third-order valence-electron chi connectivity index (χ3n) is 7.03. The van der Waals surface area contributed by atoms with Gasteiger partial charge in [0.1, 0.15) is 0 Å². The van der Waals surface area contributed by atoms with Crippen molar-refractivity contribution in [1.29, 1.82) is 0 Å². The lowest BCUT2D eigenvalue weighted by Crippen LogP contribution is -2.55. The van der Waals surface area contributed by atoms with E-state index in [2.05, 4.69) is 12.7 Å². The van der Waals surface area contributed by atoms with Crippen LogP contribution in [0, 0.1) is 11.3 Å². The molecular formula is C21H32O4. The van der Waals surface area contributed by atoms with Gasteiger partial charge >= 0.3 is 0 Å². The predicted octanol–water partition coefficient (Wildman–Crippen LogP) is 2.62. The smallest absolute Gasteiger partial charge is 0.0962 e. The van der Waals surface area contributed by atoms with Crippen molar-refractivity contribution >= 4 is 0 Å². The molecular weight excluding hydrogens is 316 g/mol. The summed E-state index contributed by atoms with van der Waals surface area (Å²) >= 11 is 0. The summed E-state index contributed by atoms with van der Waals surface area (Å²) in [6, 6.07) is 0. The van der Waals surface area contributed by atoms with Gasteiger partial charge in [0.15, 0.2) is 0 Å². The van der Waals surface area contributed by atoms with E-state index < -0.39 is 23.2 Å². The molecule has 0 aromatic heterocycles. The Morgan fingerprint density at radius 3 is 2.56 bits per heavy atom. The van der Waals surface area contributed by atoms with E-state index in [0.717, 1.165) is 36.0 Å². The Morgan fingerprint density at radius 2 is 1.88 bits per heavy atom. The van der Waals surface area contributed by atoms with E-state index in [4.69, 9.17) is 0 Å². The second-order valence-corrected chi connectivity index (χ2v) is 8.60. The molecule has 0 heterocycles. The highest BCUT2D eigenvalue weighted by atomic mass is 16.3. The summed E-state index contributed by atoms with van der Waals surface area (Å²) in [6.45, 7) is 7.75. The molecule has 4 N–H and O–H groups in total. The van der Waals surface area contributed by atoms with Gasteiger partial charge in [0.2, 0.25) is 0 Å². The van der Waals surface area contributed by atoms with Crippen LogP contribution < -0.4 is 0 Å². The van der Waals surface area contributed by atoms with Crippen LogP contribution in [-0.4, -0.2) is 44.3 Å². The average Bonchev–Trinajstić information content (AvgIpc) is 2.80. The number of rotatable bonds is 2. The van der Waals surface area contributed by atoms with E-state index in [0.29, 0.717) is 25.7 Å². The van der Waals surface area contributed by atoms with Gasteiger partial charge in [-0.25, -0.2) is 0 Å². The molecule has 0 bridgehead atoms. The van der Waals surface area contributed by atoms with Crippen molar-refractivity contribution in [2.24, 2.45) is 11.3 Å². The lowest BCUT2D eigenvalue weighted by atomic mass is 9.59. The largest absolute Gasteiger partial charge is 0.393 e. The normalized spacial score (nSPS) is 46.5. The number of aliphatic hydroxyl groups is 4. The molecule has 140 valence electrons. The van der Waals surface area contributed by atoms with Crippen molar-refractivity contribution in [3.8, 4) is 0 Å². The van der Waals surface area contributed by atoms with Crippen LogP contribution in [-0.2, 0) is 0 Å². The molecule has 3 fully saturated rings. The molecule has 0 unspecified atom stereocenters. The highest BCUT2D eigenvalue weighted by Gasteiger charge is 2.61. The Labute approximate surface area is 150 Å². The van der Waals surface area contributed by atoms with Gasteiger partial charge in [0.05, 0.1) is 23.9 Å². The number of fused-ring (bicyclic) bond motifs is 1. The lowest BCUT2D eigenvalue weighted by molar-refractivity contribution is -0.154. The second-order valence-electron chi connectivity index (χ2n) is 8.60. The Hall–Kier alpha value is -0.940. The van der Waals surface area contributed by atoms with E-state index in [1.165, 1.54) is 0 Å². The van der Waals surface area contributed by atoms with Crippen LogP contribution in [0.5, 0.6) is 0 Å². The summed E-state index contributed by atoms with van der Waals surface area (Å²) in [5, 5.41) is 41.6. The quantitative estimate of drug-likeness (QED) is 0.618. The van der Waals surface area contributed by atoms with Crippen LogP contribution >= 0.6 is 0 Å². The van der Waals surface area contributed by atoms with Crippen LogP contribution in [0.1, 0.15) is 58.8 Å². The van der Waals surface area contributed by atoms with Gasteiger partial charge in [-0.15, -0.1) is 0 Å². The first kappa shape index (κ1) is 18.8. The van der Waals surface area contributed by atoms with Gasteiger partial charge in [0, 0.05) is 5.41 Å². The van der Waals surface area contributed by atoms with E-state index in [1.807, 2.05) is 13.0 Å². The fourth-order valence-corrected chi connectivity index (χ4v) is 5.43. The zero-order valence-electron chi connectivity index (χ0n) is 15.4. The first-order chi connectivity index (χ1) is 11.7. The van der Waals surface area contributed by atoms with Crippen molar-refractivity contribution in [2.75, 3.05) is 0 Å². The SMILES string of the molecule is C=C1CC[C@H](O)C/C1=C/C=C1\C[C@@H](O)C[C@@]2(C)[C@H]1CC[C@]2(O)[C@@H](C)O. The van der Waals surface area contributed by atoms with Crippen LogP contribution in [0.4, 0.5) is 0 Å². The molecule has 0 aromatic rings. The molecule has 25 heavy (non-hydrogen) atoms. The fraction of sp³-hybridized carbons (Fsp3) is 0.714. The maximum absolute atomic E-state index is 11.1. The summed E-state index contributed by atoms with van der Waals surface area (Å²) < 4.78 is 0. The molecule has 0 saturated heterocycles. The molecule has 3 saturated carbocycles. The second kappa shape index (κ2) is 6.66. The lowest BCUT2D eigenvalue weighted by Gasteiger charge is -2.49. The van der Waals surface area contributed by atoms with Crippen molar-refractivity contribution in [1.82, 2.24) is 0 Å². The highest BCUT2D eigenvalue weighted by molar-refractivity contribution is 5.37. The summed E-state index contributed by atoms with van der Waals surface area (Å²) in [5.41, 5.74) is 1.62. The van der Waals surface area contributed by atoms with E-state index in [-0.39, 0.29) is 12.0 Å². The first-order valence-corrected chi connectivity index (χ1v) is 9.51. The molecule has 4 heteroatoms. The van der Waals surface area contributed by atoms with Crippen molar-refractivity contribution in [2.45, 2.75) is 82.7 Å². The van der Waals surface area contributed by atoms with E-state index in [1.54, 1.807) is 6.92 Å². The molecule has 0 spiro atoms. The predicted molar refractivity (Wildman–Crippen MR) is 97.9 cm³/mol. The molecule has 0 radical (unpaired) electrons. The number of hydrogen-bond acceptors (Lipinski definition) is 4. The summed E-state index contributed by atoms with van der Waals surface area (Å²) in [4.78, 5) is 0. The summed E-state index contributed by atoms with van der Waals surface area (Å²) in [6.07, 6.45) is 7.20. The molecule has 6 atom stereocenters. The molecule has 3 rings (SSSR count). The zero-order chi connectivity index (χ0) is 18.4. The van der Waals surface area contributed by atoms with E-state index in [9.17, 15) is 20.4 Å². The minimum absolute atomic E-state index is 0.161. The Balaban J connectivity index is 1.91. The third-order valence-corrected chi connectivity index (χ3v) is 7.03. The molecule has 3 aliphatic rings.